The van der Waals surface area contributed by atoms with Crippen molar-refractivity contribution in [2.75, 3.05) is 26.7 Å². The maximum absolute atomic E-state index is 6.50. The molecule has 3 aliphatic rings. The lowest BCUT2D eigenvalue weighted by Crippen LogP contribution is -2.47. The molecule has 0 radical (unpaired) electrons. The molecular weight excluding hydrogens is 463 g/mol. The molecule has 0 amide bonds. The minimum atomic E-state index is 0. The van der Waals surface area contributed by atoms with Gasteiger partial charge in [-0.25, -0.2) is 0 Å². The summed E-state index contributed by atoms with van der Waals surface area (Å²) in [5.74, 6) is 1.99. The van der Waals surface area contributed by atoms with Gasteiger partial charge in [-0.2, -0.15) is 0 Å². The van der Waals surface area contributed by atoms with Gasteiger partial charge >= 0.3 is 0 Å². The molecule has 2 N–H and O–H groups in total. The fourth-order valence-corrected chi connectivity index (χ4v) is 4.96. The number of fused-ring (bicyclic) bond motifs is 1. The Morgan fingerprint density at radius 1 is 1.25 bits per heavy atom. The molecule has 4 rings (SSSR count). The van der Waals surface area contributed by atoms with Gasteiger partial charge in [-0.1, -0.05) is 18.2 Å². The summed E-state index contributed by atoms with van der Waals surface area (Å²) in [6, 6.07) is 9.35. The Hall–Kier alpha value is -1.02. The second-order valence-electron chi connectivity index (χ2n) is 8.43. The lowest BCUT2D eigenvalue weighted by Gasteiger charge is -2.40. The topological polar surface area (TPSA) is 48.9 Å². The first-order valence-corrected chi connectivity index (χ1v) is 10.7. The standard InChI is InChI=1S/C22H34N4O.HI/c1-3-23-21(24-16-17-9-8-14-26(17)2)25-19-15-22(12-6-7-13-22)27-20-11-5-4-10-18(19)20;/h4-5,10-11,17,19H,3,6-9,12-16H2,1-2H3,(H2,23,24,25);1H. The van der Waals surface area contributed by atoms with Crippen LogP contribution in [-0.4, -0.2) is 49.2 Å². The third-order valence-corrected chi connectivity index (χ3v) is 6.50. The number of rotatable bonds is 4. The molecule has 2 heterocycles. The van der Waals surface area contributed by atoms with Crippen LogP contribution in [0.5, 0.6) is 5.75 Å². The summed E-state index contributed by atoms with van der Waals surface area (Å²) in [6.45, 7) is 5.07. The highest BCUT2D eigenvalue weighted by atomic mass is 127. The Kier molecular flexibility index (Phi) is 7.48. The first kappa shape index (κ1) is 21.7. The van der Waals surface area contributed by atoms with Crippen LogP contribution in [0.25, 0.3) is 0 Å². The SMILES string of the molecule is CCNC(=NCC1CCCN1C)NC1CC2(CCCC2)Oc2ccccc21.I. The highest BCUT2D eigenvalue weighted by molar-refractivity contribution is 14.0. The minimum absolute atomic E-state index is 0. The van der Waals surface area contributed by atoms with Crippen molar-refractivity contribution in [2.45, 2.75) is 69.6 Å². The molecule has 0 bridgehead atoms. The summed E-state index contributed by atoms with van der Waals surface area (Å²) in [5.41, 5.74) is 1.27. The van der Waals surface area contributed by atoms with Crippen LogP contribution in [0, 0.1) is 0 Å². The van der Waals surface area contributed by atoms with Gasteiger partial charge in [-0.3, -0.25) is 4.99 Å². The number of para-hydroxylation sites is 1. The summed E-state index contributed by atoms with van der Waals surface area (Å²) in [6.07, 6.45) is 8.45. The van der Waals surface area contributed by atoms with Crippen LogP contribution < -0.4 is 15.4 Å². The minimum Gasteiger partial charge on any atom is -0.487 e. The largest absolute Gasteiger partial charge is 0.487 e. The van der Waals surface area contributed by atoms with Crippen LogP contribution in [0.15, 0.2) is 29.3 Å². The van der Waals surface area contributed by atoms with Crippen molar-refractivity contribution in [1.29, 1.82) is 0 Å². The van der Waals surface area contributed by atoms with Crippen LogP contribution in [-0.2, 0) is 0 Å². The molecule has 2 fully saturated rings. The Morgan fingerprint density at radius 3 is 2.75 bits per heavy atom. The summed E-state index contributed by atoms with van der Waals surface area (Å²) in [4.78, 5) is 7.37. The number of nitrogens with one attached hydrogen (secondary N) is 2. The molecule has 2 aliphatic heterocycles. The average Bonchev–Trinajstić information content (AvgIpc) is 3.29. The number of hydrogen-bond donors (Lipinski definition) is 2. The number of ether oxygens (including phenoxy) is 1. The van der Waals surface area contributed by atoms with E-state index in [1.54, 1.807) is 0 Å². The first-order chi connectivity index (χ1) is 13.2. The predicted octanol–water partition coefficient (Wildman–Crippen LogP) is 4.09. The lowest BCUT2D eigenvalue weighted by atomic mass is 9.86. The van der Waals surface area contributed by atoms with Crippen molar-refractivity contribution < 1.29 is 4.74 Å². The number of nitrogens with zero attached hydrogens (tertiary/aromatic N) is 2. The molecule has 1 saturated carbocycles. The molecule has 1 saturated heterocycles. The van der Waals surface area contributed by atoms with Gasteiger partial charge < -0.3 is 20.3 Å². The van der Waals surface area contributed by atoms with E-state index in [-0.39, 0.29) is 35.6 Å². The van der Waals surface area contributed by atoms with Crippen LogP contribution in [0.2, 0.25) is 0 Å². The van der Waals surface area contributed by atoms with Crippen LogP contribution >= 0.6 is 24.0 Å². The van der Waals surface area contributed by atoms with E-state index in [4.69, 9.17) is 9.73 Å². The number of aliphatic imine (C=N–C) groups is 1. The van der Waals surface area contributed by atoms with Gasteiger partial charge in [0.25, 0.3) is 0 Å². The van der Waals surface area contributed by atoms with Crippen LogP contribution in [0.4, 0.5) is 0 Å². The fraction of sp³-hybridized carbons (Fsp3) is 0.682. The van der Waals surface area contributed by atoms with Gasteiger partial charge in [-0.05, 0) is 65.1 Å². The number of likely N-dealkylation sites (tertiary alicyclic amines) is 1. The van der Waals surface area contributed by atoms with Gasteiger partial charge in [0.1, 0.15) is 11.4 Å². The van der Waals surface area contributed by atoms with E-state index in [0.717, 1.165) is 31.2 Å². The molecule has 0 aromatic heterocycles. The zero-order valence-electron chi connectivity index (χ0n) is 17.2. The quantitative estimate of drug-likeness (QED) is 0.373. The Balaban J connectivity index is 0.00000225. The lowest BCUT2D eigenvalue weighted by molar-refractivity contribution is 0.0396. The number of halogens is 1. The summed E-state index contributed by atoms with van der Waals surface area (Å²) in [5, 5.41) is 7.20. The molecule has 6 heteroatoms. The second kappa shape index (κ2) is 9.65. The molecule has 1 aromatic rings. The smallest absolute Gasteiger partial charge is 0.191 e. The van der Waals surface area contributed by atoms with Gasteiger partial charge in [0, 0.05) is 24.6 Å². The third kappa shape index (κ3) is 4.75. The maximum atomic E-state index is 6.50. The van der Waals surface area contributed by atoms with E-state index in [1.165, 1.54) is 50.6 Å². The molecule has 1 aliphatic carbocycles. The van der Waals surface area contributed by atoms with Crippen LogP contribution in [0.1, 0.15) is 63.5 Å². The van der Waals surface area contributed by atoms with Crippen molar-refractivity contribution in [3.05, 3.63) is 29.8 Å². The molecule has 28 heavy (non-hydrogen) atoms. The van der Waals surface area contributed by atoms with E-state index in [0.29, 0.717) is 6.04 Å². The van der Waals surface area contributed by atoms with Gasteiger partial charge in [-0.15, -0.1) is 24.0 Å². The highest BCUT2D eigenvalue weighted by Crippen LogP contribution is 2.46. The molecule has 5 nitrogen and oxygen atoms in total. The van der Waals surface area contributed by atoms with Gasteiger partial charge in [0.05, 0.1) is 12.6 Å². The van der Waals surface area contributed by atoms with E-state index < -0.39 is 0 Å². The maximum Gasteiger partial charge on any atom is 0.191 e. The number of guanidine groups is 1. The summed E-state index contributed by atoms with van der Waals surface area (Å²) < 4.78 is 6.50. The zero-order valence-corrected chi connectivity index (χ0v) is 19.6. The molecule has 2 unspecified atom stereocenters. The molecule has 1 spiro atoms. The monoisotopic (exact) mass is 498 g/mol. The Labute approximate surface area is 186 Å². The van der Waals surface area contributed by atoms with Crippen molar-refractivity contribution >= 4 is 29.9 Å². The molecular formula is C22H35IN4O. The van der Waals surface area contributed by atoms with E-state index in [9.17, 15) is 0 Å². The second-order valence-corrected chi connectivity index (χ2v) is 8.43. The summed E-state index contributed by atoms with van der Waals surface area (Å²) in [7, 11) is 2.21. The van der Waals surface area contributed by atoms with Crippen molar-refractivity contribution in [3.8, 4) is 5.75 Å². The van der Waals surface area contributed by atoms with E-state index in [2.05, 4.69) is 53.8 Å². The van der Waals surface area contributed by atoms with Crippen molar-refractivity contribution in [1.82, 2.24) is 15.5 Å². The highest BCUT2D eigenvalue weighted by Gasteiger charge is 2.43. The Morgan fingerprint density at radius 2 is 2.04 bits per heavy atom. The average molecular weight is 498 g/mol. The van der Waals surface area contributed by atoms with Crippen molar-refractivity contribution in [3.63, 3.8) is 0 Å². The summed E-state index contributed by atoms with van der Waals surface area (Å²) >= 11 is 0. The molecule has 156 valence electrons. The molecule has 2 atom stereocenters. The molecule has 1 aromatic carbocycles. The Bertz CT molecular complexity index is 674. The van der Waals surface area contributed by atoms with Gasteiger partial charge in [0.15, 0.2) is 5.96 Å². The number of benzene rings is 1. The van der Waals surface area contributed by atoms with Gasteiger partial charge in [0.2, 0.25) is 0 Å². The van der Waals surface area contributed by atoms with E-state index in [1.807, 2.05) is 0 Å². The number of hydrogen-bond acceptors (Lipinski definition) is 3. The van der Waals surface area contributed by atoms with Crippen LogP contribution in [0.3, 0.4) is 0 Å². The predicted molar refractivity (Wildman–Crippen MR) is 126 cm³/mol. The normalized spacial score (nSPS) is 26.4. The number of likely N-dealkylation sites (N-methyl/N-ethyl adjacent to an activating group) is 1. The van der Waals surface area contributed by atoms with E-state index >= 15 is 0 Å². The van der Waals surface area contributed by atoms with Crippen molar-refractivity contribution in [2.24, 2.45) is 4.99 Å². The fourth-order valence-electron chi connectivity index (χ4n) is 4.96. The zero-order chi connectivity index (χ0) is 18.7. The first-order valence-electron chi connectivity index (χ1n) is 10.7. The third-order valence-electron chi connectivity index (χ3n) is 6.50.